The summed E-state index contributed by atoms with van der Waals surface area (Å²) in [7, 11) is 2.06. The molecular weight excluding hydrogens is 198 g/mol. The number of aliphatic hydroxyl groups is 1. The van der Waals surface area contributed by atoms with Crippen molar-refractivity contribution in [2.45, 2.75) is 18.9 Å². The first kappa shape index (κ1) is 9.81. The summed E-state index contributed by atoms with van der Waals surface area (Å²) in [4.78, 5) is 2.21. The van der Waals surface area contributed by atoms with E-state index in [9.17, 15) is 0 Å². The van der Waals surface area contributed by atoms with E-state index in [-0.39, 0.29) is 6.61 Å². The summed E-state index contributed by atoms with van der Waals surface area (Å²) in [5.41, 5.74) is 2.42. The molecule has 1 N–H and O–H groups in total. The molecule has 0 fully saturated rings. The SMILES string of the molecule is CN1c2cccc(Cl)c2CC1CCO. The van der Waals surface area contributed by atoms with Gasteiger partial charge in [0.25, 0.3) is 0 Å². The Bertz CT molecular complexity index is 340. The smallest absolute Gasteiger partial charge is 0.0459 e. The summed E-state index contributed by atoms with van der Waals surface area (Å²) >= 11 is 6.11. The van der Waals surface area contributed by atoms with Gasteiger partial charge in [0, 0.05) is 30.4 Å². The van der Waals surface area contributed by atoms with Gasteiger partial charge in [0.2, 0.25) is 0 Å². The van der Waals surface area contributed by atoms with Gasteiger partial charge < -0.3 is 10.0 Å². The van der Waals surface area contributed by atoms with Gasteiger partial charge in [0.1, 0.15) is 0 Å². The fourth-order valence-corrected chi connectivity index (χ4v) is 2.34. The number of hydrogen-bond acceptors (Lipinski definition) is 2. The summed E-state index contributed by atoms with van der Waals surface area (Å²) in [6.45, 7) is 0.237. The van der Waals surface area contributed by atoms with Crippen LogP contribution in [0.25, 0.3) is 0 Å². The first-order valence-corrected chi connectivity index (χ1v) is 5.23. The van der Waals surface area contributed by atoms with Crippen molar-refractivity contribution in [3.63, 3.8) is 0 Å². The molecule has 76 valence electrons. The molecule has 0 saturated heterocycles. The number of nitrogens with zero attached hydrogens (tertiary/aromatic N) is 1. The minimum atomic E-state index is 0.237. The van der Waals surface area contributed by atoms with Crippen LogP contribution in [0.3, 0.4) is 0 Å². The molecule has 0 aliphatic carbocycles. The lowest BCUT2D eigenvalue weighted by Crippen LogP contribution is -2.28. The van der Waals surface area contributed by atoms with Crippen LogP contribution in [-0.4, -0.2) is 24.8 Å². The molecule has 3 heteroatoms. The third-order valence-corrected chi connectivity index (χ3v) is 3.28. The van der Waals surface area contributed by atoms with Gasteiger partial charge in [-0.3, -0.25) is 0 Å². The van der Waals surface area contributed by atoms with Crippen LogP contribution >= 0.6 is 11.6 Å². The summed E-state index contributed by atoms with van der Waals surface area (Å²) in [6, 6.07) is 6.38. The van der Waals surface area contributed by atoms with E-state index in [2.05, 4.69) is 18.0 Å². The average Bonchev–Trinajstić information content (AvgIpc) is 2.48. The molecule has 14 heavy (non-hydrogen) atoms. The van der Waals surface area contributed by atoms with Crippen molar-refractivity contribution in [2.24, 2.45) is 0 Å². The van der Waals surface area contributed by atoms with Gasteiger partial charge in [-0.2, -0.15) is 0 Å². The maximum Gasteiger partial charge on any atom is 0.0459 e. The Morgan fingerprint density at radius 1 is 1.57 bits per heavy atom. The molecule has 1 aromatic carbocycles. The Kier molecular flexibility index (Phi) is 2.66. The van der Waals surface area contributed by atoms with Gasteiger partial charge in [-0.15, -0.1) is 0 Å². The predicted octanol–water partition coefficient (Wildman–Crippen LogP) is 2.08. The van der Waals surface area contributed by atoms with Gasteiger partial charge >= 0.3 is 0 Å². The Morgan fingerprint density at radius 2 is 2.36 bits per heavy atom. The third-order valence-electron chi connectivity index (χ3n) is 2.92. The molecule has 0 saturated carbocycles. The van der Waals surface area contributed by atoms with Crippen LogP contribution in [0.1, 0.15) is 12.0 Å². The molecule has 0 aromatic heterocycles. The van der Waals surface area contributed by atoms with E-state index in [1.54, 1.807) is 0 Å². The van der Waals surface area contributed by atoms with E-state index in [1.165, 1.54) is 11.3 Å². The van der Waals surface area contributed by atoms with Crippen LogP contribution in [-0.2, 0) is 6.42 Å². The number of hydrogen-bond donors (Lipinski definition) is 1. The highest BCUT2D eigenvalue weighted by atomic mass is 35.5. The zero-order chi connectivity index (χ0) is 10.1. The zero-order valence-electron chi connectivity index (χ0n) is 8.20. The monoisotopic (exact) mass is 211 g/mol. The van der Waals surface area contributed by atoms with Crippen LogP contribution in [0.15, 0.2) is 18.2 Å². The van der Waals surface area contributed by atoms with Crippen molar-refractivity contribution in [1.82, 2.24) is 0 Å². The standard InChI is InChI=1S/C11H14ClNO/c1-13-8(5-6-14)7-9-10(12)3-2-4-11(9)13/h2-4,8,14H,5-7H2,1H3. The highest BCUT2D eigenvalue weighted by Gasteiger charge is 2.27. The summed E-state index contributed by atoms with van der Waals surface area (Å²) in [5.74, 6) is 0. The van der Waals surface area contributed by atoms with Crippen molar-refractivity contribution in [2.75, 3.05) is 18.6 Å². The quantitative estimate of drug-likeness (QED) is 0.810. The molecule has 1 unspecified atom stereocenters. The second-order valence-electron chi connectivity index (χ2n) is 3.72. The van der Waals surface area contributed by atoms with Gasteiger partial charge in [-0.25, -0.2) is 0 Å². The number of rotatable bonds is 2. The molecule has 1 aliphatic rings. The molecule has 0 radical (unpaired) electrons. The van der Waals surface area contributed by atoms with Crippen molar-refractivity contribution >= 4 is 17.3 Å². The lowest BCUT2D eigenvalue weighted by molar-refractivity contribution is 0.275. The fraction of sp³-hybridized carbons (Fsp3) is 0.455. The molecule has 2 nitrogen and oxygen atoms in total. The number of benzene rings is 1. The second-order valence-corrected chi connectivity index (χ2v) is 4.13. The van der Waals surface area contributed by atoms with Crippen molar-refractivity contribution in [3.8, 4) is 0 Å². The summed E-state index contributed by atoms with van der Waals surface area (Å²) in [6.07, 6.45) is 1.76. The van der Waals surface area contributed by atoms with Crippen LogP contribution in [0.5, 0.6) is 0 Å². The molecule has 2 rings (SSSR count). The fourth-order valence-electron chi connectivity index (χ4n) is 2.09. The molecule has 1 aliphatic heterocycles. The maximum atomic E-state index is 8.93. The van der Waals surface area contributed by atoms with Crippen molar-refractivity contribution < 1.29 is 5.11 Å². The summed E-state index contributed by atoms with van der Waals surface area (Å²) in [5, 5.41) is 9.78. The second kappa shape index (κ2) is 3.79. The van der Waals surface area contributed by atoms with E-state index < -0.39 is 0 Å². The Labute approximate surface area is 89.1 Å². The molecule has 0 spiro atoms. The van der Waals surface area contributed by atoms with Crippen LogP contribution in [0.2, 0.25) is 5.02 Å². The zero-order valence-corrected chi connectivity index (χ0v) is 8.96. The van der Waals surface area contributed by atoms with Gasteiger partial charge in [0.15, 0.2) is 0 Å². The van der Waals surface area contributed by atoms with Crippen LogP contribution in [0.4, 0.5) is 5.69 Å². The Balaban J connectivity index is 2.30. The maximum absolute atomic E-state index is 8.93. The van der Waals surface area contributed by atoms with E-state index in [0.717, 1.165) is 17.9 Å². The van der Waals surface area contributed by atoms with E-state index in [4.69, 9.17) is 16.7 Å². The van der Waals surface area contributed by atoms with Crippen LogP contribution in [0, 0.1) is 0 Å². The highest BCUT2D eigenvalue weighted by Crippen LogP contribution is 2.36. The highest BCUT2D eigenvalue weighted by molar-refractivity contribution is 6.31. The molecule has 1 aromatic rings. The van der Waals surface area contributed by atoms with Crippen molar-refractivity contribution in [3.05, 3.63) is 28.8 Å². The summed E-state index contributed by atoms with van der Waals surface area (Å²) < 4.78 is 0. The number of fused-ring (bicyclic) bond motifs is 1. The van der Waals surface area contributed by atoms with Gasteiger partial charge in [-0.05, 0) is 30.5 Å². The molecule has 1 heterocycles. The van der Waals surface area contributed by atoms with Crippen molar-refractivity contribution in [1.29, 1.82) is 0 Å². The third kappa shape index (κ3) is 1.49. The lowest BCUT2D eigenvalue weighted by Gasteiger charge is -2.21. The minimum Gasteiger partial charge on any atom is -0.396 e. The average molecular weight is 212 g/mol. The minimum absolute atomic E-state index is 0.237. The lowest BCUT2D eigenvalue weighted by atomic mass is 10.1. The van der Waals surface area contributed by atoms with Gasteiger partial charge in [-0.1, -0.05) is 17.7 Å². The first-order chi connectivity index (χ1) is 6.74. The molecule has 1 atom stereocenters. The molecule has 0 bridgehead atoms. The normalized spacial score (nSPS) is 19.9. The number of likely N-dealkylation sites (N-methyl/N-ethyl adjacent to an activating group) is 1. The van der Waals surface area contributed by atoms with Crippen LogP contribution < -0.4 is 4.90 Å². The van der Waals surface area contributed by atoms with E-state index in [0.29, 0.717) is 6.04 Å². The topological polar surface area (TPSA) is 23.5 Å². The molecular formula is C11H14ClNO. The first-order valence-electron chi connectivity index (χ1n) is 4.85. The largest absolute Gasteiger partial charge is 0.396 e. The Morgan fingerprint density at radius 3 is 3.00 bits per heavy atom. The number of aliphatic hydroxyl groups excluding tert-OH is 1. The number of halogens is 1. The van der Waals surface area contributed by atoms with Gasteiger partial charge in [0.05, 0.1) is 0 Å². The van der Waals surface area contributed by atoms with E-state index in [1.807, 2.05) is 12.1 Å². The Hall–Kier alpha value is -0.730. The van der Waals surface area contributed by atoms with E-state index >= 15 is 0 Å². The number of anilines is 1. The molecule has 0 amide bonds. The predicted molar refractivity (Wildman–Crippen MR) is 59.0 cm³/mol.